The second kappa shape index (κ2) is 59.6. The predicted molar refractivity (Wildman–Crippen MR) is 32.3 cm³/mol. The van der Waals surface area contributed by atoms with Gasteiger partial charge in [0.05, 0.1) is 0 Å². The quantitative estimate of drug-likeness (QED) is 0.299. The van der Waals surface area contributed by atoms with Crippen molar-refractivity contribution in [3.63, 3.8) is 0 Å². The Hall–Kier alpha value is 1.82. The van der Waals surface area contributed by atoms with Crippen LogP contribution in [-0.2, 0) is 4.57 Å². The van der Waals surface area contributed by atoms with E-state index in [2.05, 4.69) is 0 Å². The van der Waals surface area contributed by atoms with Gasteiger partial charge in [-0.3, -0.25) is 0 Å². The van der Waals surface area contributed by atoms with E-state index in [1.807, 2.05) is 0 Å². The van der Waals surface area contributed by atoms with E-state index < -0.39 is 8.25 Å². The maximum Gasteiger partial charge on any atom is 1.00 e. The van der Waals surface area contributed by atoms with E-state index in [-0.39, 0.29) is 89.3 Å². The molecule has 0 saturated heterocycles. The van der Waals surface area contributed by atoms with Crippen molar-refractivity contribution in [2.75, 3.05) is 0 Å². The Labute approximate surface area is 111 Å². The van der Waals surface area contributed by atoms with Crippen LogP contribution in [0.1, 0.15) is 2.85 Å². The van der Waals surface area contributed by atoms with Gasteiger partial charge in [0.15, 0.2) is 0 Å². The van der Waals surface area contributed by atoms with E-state index in [1.54, 1.807) is 0 Å². The van der Waals surface area contributed by atoms with Crippen molar-refractivity contribution in [3.8, 4) is 0 Å². The summed E-state index contributed by atoms with van der Waals surface area (Å²) in [6.07, 6.45) is 0. The first kappa shape index (κ1) is 77.1. The molecule has 68 valence electrons. The van der Waals surface area contributed by atoms with Gasteiger partial charge in [0.2, 0.25) is 0 Å². The fourth-order valence-corrected chi connectivity index (χ4v) is 0. The maximum absolute atomic E-state index is 8.70. The van der Waals surface area contributed by atoms with Crippen LogP contribution in [0.4, 0.5) is 0 Å². The molecule has 0 amide bonds. The third kappa shape index (κ3) is 344. The van der Waals surface area contributed by atoms with Crippen molar-refractivity contribution in [1.29, 1.82) is 0 Å². The van der Waals surface area contributed by atoms with Crippen molar-refractivity contribution in [2.45, 2.75) is 0 Å². The van der Waals surface area contributed by atoms with Crippen molar-refractivity contribution in [1.82, 2.24) is 0 Å². The first-order chi connectivity index (χ1) is 1.73. The minimum atomic E-state index is -2.87. The largest absolute Gasteiger partial charge is 1.00 e. The van der Waals surface area contributed by atoms with Crippen LogP contribution >= 0.6 is 8.25 Å². The summed E-state index contributed by atoms with van der Waals surface area (Å²) < 4.78 is 8.70. The van der Waals surface area contributed by atoms with E-state index in [4.69, 9.17) is 14.4 Å². The third-order valence-electron chi connectivity index (χ3n) is 0. The Morgan fingerprint density at radius 2 is 0.818 bits per heavy atom. The van der Waals surface area contributed by atoms with E-state index in [1.165, 1.54) is 0 Å². The van der Waals surface area contributed by atoms with Gasteiger partial charge in [0.1, 0.15) is 0 Å². The molecule has 11 heavy (non-hydrogen) atoms. The van der Waals surface area contributed by atoms with Gasteiger partial charge in [-0.15, -0.1) is 9.79 Å². The summed E-state index contributed by atoms with van der Waals surface area (Å²) in [5, 5.41) is 0. The van der Waals surface area contributed by atoms with Crippen LogP contribution in [0.15, 0.2) is 0 Å². The molecule has 12 N–H and O–H groups in total. The van der Waals surface area contributed by atoms with E-state index in [0.29, 0.717) is 0 Å². The fraction of sp³-hybridized carbons (Fsp3) is 0. The van der Waals surface area contributed by atoms with Gasteiger partial charge in [-0.05, 0) is 0 Å². The standard InChI is InChI=1S/2Na.HO3P.5H2O.2H/c;;1-4(2)3;;;;;;;/h;;(H-,1,2,3);5*1H2;;/q2*+1;;;;;;;2*-1/p+1. The zero-order chi connectivity index (χ0) is 3.58. The molecule has 0 aliphatic rings. The minimum Gasteiger partial charge on any atom is -1.00 e. The number of hydrogen-bond donors (Lipinski definition) is 2. The molecule has 0 aliphatic heterocycles. The molecule has 0 rings (SSSR count). The Morgan fingerprint density at radius 3 is 0.818 bits per heavy atom. The normalized spacial score (nSPS) is 2.36. The van der Waals surface area contributed by atoms with Crippen LogP contribution < -0.4 is 59.1 Å². The zero-order valence-corrected chi connectivity index (χ0v) is 11.1. The van der Waals surface area contributed by atoms with Gasteiger partial charge in [0, 0.05) is 4.57 Å². The van der Waals surface area contributed by atoms with Gasteiger partial charge in [0.25, 0.3) is 0 Å². The number of rotatable bonds is 0. The average molecular weight is 219 g/mol. The monoisotopic (exact) mass is 219 g/mol. The second-order valence-electron chi connectivity index (χ2n) is 0.253. The van der Waals surface area contributed by atoms with Crippen molar-refractivity contribution in [3.05, 3.63) is 0 Å². The van der Waals surface area contributed by atoms with Gasteiger partial charge in [-0.2, -0.15) is 0 Å². The molecule has 11 heteroatoms. The Kier molecular flexibility index (Phi) is 417. The third-order valence-corrected chi connectivity index (χ3v) is 0. The summed E-state index contributed by atoms with van der Waals surface area (Å²) in [7, 11) is -2.87. The molecule has 8 nitrogen and oxygen atoms in total. The van der Waals surface area contributed by atoms with E-state index in [9.17, 15) is 0 Å². The van der Waals surface area contributed by atoms with Crippen LogP contribution in [0.5, 0.6) is 0 Å². The summed E-state index contributed by atoms with van der Waals surface area (Å²) >= 11 is 0. The smallest absolute Gasteiger partial charge is 1.00 e. The molecule has 0 heterocycles. The molecule has 0 aromatic rings. The van der Waals surface area contributed by atoms with Crippen molar-refractivity contribution >= 4 is 8.25 Å². The Bertz CT molecular complexity index is 43.1. The topological polar surface area (TPSA) is 215 Å². The van der Waals surface area contributed by atoms with Gasteiger partial charge < -0.3 is 30.2 Å². The Balaban J connectivity index is -0.00000000125. The van der Waals surface area contributed by atoms with Crippen LogP contribution in [0.3, 0.4) is 0 Å². The minimum absolute atomic E-state index is 0. The molecular formula is H14Na2O8P+. The molecule has 0 bridgehead atoms. The van der Waals surface area contributed by atoms with Crippen molar-refractivity contribution in [2.24, 2.45) is 0 Å². The fourth-order valence-electron chi connectivity index (χ4n) is 0. The van der Waals surface area contributed by atoms with Crippen LogP contribution in [0.25, 0.3) is 0 Å². The van der Waals surface area contributed by atoms with Gasteiger partial charge >= 0.3 is 67.4 Å². The first-order valence-corrected chi connectivity index (χ1v) is 1.75. The average Bonchev–Trinajstić information content (AvgIpc) is 0.811. The second-order valence-corrected chi connectivity index (χ2v) is 0.758. The van der Waals surface area contributed by atoms with E-state index in [0.717, 1.165) is 0 Å². The van der Waals surface area contributed by atoms with Crippen LogP contribution in [0.2, 0.25) is 0 Å². The summed E-state index contributed by atoms with van der Waals surface area (Å²) in [4.78, 5) is 14.2. The van der Waals surface area contributed by atoms with Gasteiger partial charge in [-0.25, -0.2) is 0 Å². The zero-order valence-electron chi connectivity index (χ0n) is 8.25. The SMILES string of the molecule is O.O.O.O.O.O=[P+](O)O.[H-].[H-].[Na+].[Na+]. The maximum atomic E-state index is 8.70. The molecule has 0 fully saturated rings. The summed E-state index contributed by atoms with van der Waals surface area (Å²) in [5.74, 6) is 0. The van der Waals surface area contributed by atoms with E-state index >= 15 is 0 Å². The number of hydrogen-bond acceptors (Lipinski definition) is 1. The predicted octanol–water partition coefficient (Wildman–Crippen LogP) is -10.3. The molecule has 0 radical (unpaired) electrons. The van der Waals surface area contributed by atoms with Crippen LogP contribution in [-0.4, -0.2) is 37.2 Å². The van der Waals surface area contributed by atoms with Gasteiger partial charge in [-0.1, -0.05) is 0 Å². The van der Waals surface area contributed by atoms with Crippen molar-refractivity contribution < 1.29 is 104 Å². The molecule has 0 unspecified atom stereocenters. The molecule has 0 aromatic heterocycles. The Morgan fingerprint density at radius 1 is 0.818 bits per heavy atom. The molecule has 0 saturated carbocycles. The summed E-state index contributed by atoms with van der Waals surface area (Å²) in [6.45, 7) is 0. The molecule has 0 aliphatic carbocycles. The molecule has 0 atom stereocenters. The molecule has 0 aromatic carbocycles. The first-order valence-electron chi connectivity index (χ1n) is 0.583. The van der Waals surface area contributed by atoms with Crippen LogP contribution in [0, 0.1) is 0 Å². The molecule has 0 spiro atoms. The molecular weight excluding hydrogens is 205 g/mol. The summed E-state index contributed by atoms with van der Waals surface area (Å²) in [6, 6.07) is 0. The summed E-state index contributed by atoms with van der Waals surface area (Å²) in [5.41, 5.74) is 0.